The molecule has 0 bridgehead atoms. The van der Waals surface area contributed by atoms with Crippen molar-refractivity contribution in [3.8, 4) is 5.75 Å². The first-order valence-electron chi connectivity index (χ1n) is 3.43. The summed E-state index contributed by atoms with van der Waals surface area (Å²) in [5, 5.41) is 9.69. The molecule has 5 heteroatoms. The summed E-state index contributed by atoms with van der Waals surface area (Å²) in [4.78, 5) is 11.2. The smallest absolute Gasteiger partial charge is 0.175 e. The van der Waals surface area contributed by atoms with Gasteiger partial charge in [0.25, 0.3) is 0 Å². The average molecular weight is 265 g/mol. The molecule has 0 aliphatic rings. The number of hydrogen-bond acceptors (Lipinski definition) is 3. The van der Waals surface area contributed by atoms with Gasteiger partial charge in [-0.1, -0.05) is 27.5 Å². The lowest BCUT2D eigenvalue weighted by Gasteiger charge is -2.05. The molecule has 1 rings (SSSR count). The van der Waals surface area contributed by atoms with Gasteiger partial charge < -0.3 is 10.8 Å². The topological polar surface area (TPSA) is 63.3 Å². The third-order valence-electron chi connectivity index (χ3n) is 1.54. The minimum absolute atomic E-state index is 0.0638. The van der Waals surface area contributed by atoms with Crippen LogP contribution in [0.2, 0.25) is 5.02 Å². The Morgan fingerprint density at radius 2 is 2.23 bits per heavy atom. The number of nitrogen functional groups attached to an aromatic ring is 1. The molecule has 0 spiro atoms. The van der Waals surface area contributed by atoms with Crippen LogP contribution in [0.5, 0.6) is 5.75 Å². The first-order chi connectivity index (χ1) is 6.06. The highest BCUT2D eigenvalue weighted by molar-refractivity contribution is 9.09. The van der Waals surface area contributed by atoms with Crippen molar-refractivity contribution in [3.05, 3.63) is 22.7 Å². The Hall–Kier alpha value is -0.740. The van der Waals surface area contributed by atoms with Gasteiger partial charge in [0.15, 0.2) is 5.78 Å². The van der Waals surface area contributed by atoms with E-state index in [4.69, 9.17) is 17.3 Å². The highest BCUT2D eigenvalue weighted by atomic mass is 79.9. The van der Waals surface area contributed by atoms with Crippen molar-refractivity contribution in [1.29, 1.82) is 0 Å². The molecule has 0 amide bonds. The molecule has 3 nitrogen and oxygen atoms in total. The van der Waals surface area contributed by atoms with Gasteiger partial charge in [0, 0.05) is 16.7 Å². The van der Waals surface area contributed by atoms with Gasteiger partial charge in [-0.3, -0.25) is 4.79 Å². The molecule has 0 fully saturated rings. The maximum atomic E-state index is 11.2. The molecule has 0 atom stereocenters. The van der Waals surface area contributed by atoms with Crippen LogP contribution in [0.25, 0.3) is 0 Å². The van der Waals surface area contributed by atoms with E-state index in [9.17, 15) is 9.90 Å². The first kappa shape index (κ1) is 10.3. The maximum Gasteiger partial charge on any atom is 0.175 e. The summed E-state index contributed by atoms with van der Waals surface area (Å²) in [6.07, 6.45) is 0. The Kier molecular flexibility index (Phi) is 3.17. The summed E-state index contributed by atoms with van der Waals surface area (Å²) in [6.45, 7) is 0. The number of phenolic OH excluding ortho intramolecular Hbond substituents is 1. The van der Waals surface area contributed by atoms with Crippen molar-refractivity contribution in [2.24, 2.45) is 0 Å². The van der Waals surface area contributed by atoms with Crippen molar-refractivity contribution in [2.45, 2.75) is 0 Å². The van der Waals surface area contributed by atoms with E-state index in [0.29, 0.717) is 0 Å². The molecule has 0 heterocycles. The van der Waals surface area contributed by atoms with E-state index in [1.165, 1.54) is 12.1 Å². The van der Waals surface area contributed by atoms with E-state index >= 15 is 0 Å². The van der Waals surface area contributed by atoms with E-state index in [1.807, 2.05) is 0 Å². The molecule has 0 aromatic heterocycles. The van der Waals surface area contributed by atoms with Gasteiger partial charge >= 0.3 is 0 Å². The van der Waals surface area contributed by atoms with Crippen molar-refractivity contribution in [3.63, 3.8) is 0 Å². The van der Waals surface area contributed by atoms with E-state index in [0.717, 1.165) is 0 Å². The number of benzene rings is 1. The number of carbonyl (C=O) groups is 1. The number of nitrogens with two attached hydrogens (primary N) is 1. The van der Waals surface area contributed by atoms with Gasteiger partial charge in [0.2, 0.25) is 0 Å². The second-order valence-corrected chi connectivity index (χ2v) is 3.44. The van der Waals surface area contributed by atoms with E-state index in [1.54, 1.807) is 0 Å². The molecule has 0 unspecified atom stereocenters. The van der Waals surface area contributed by atoms with Gasteiger partial charge in [-0.05, 0) is 6.07 Å². The van der Waals surface area contributed by atoms with Gasteiger partial charge in [0.05, 0.1) is 11.0 Å². The third-order valence-corrected chi connectivity index (χ3v) is 2.27. The third kappa shape index (κ3) is 2.14. The van der Waals surface area contributed by atoms with Crippen LogP contribution in [0, 0.1) is 0 Å². The fraction of sp³-hybridized carbons (Fsp3) is 0.125. The number of anilines is 1. The van der Waals surface area contributed by atoms with Crippen LogP contribution < -0.4 is 5.73 Å². The Balaban J connectivity index is 3.28. The van der Waals surface area contributed by atoms with Gasteiger partial charge in [-0.25, -0.2) is 0 Å². The van der Waals surface area contributed by atoms with Crippen LogP contribution in [-0.2, 0) is 0 Å². The molecule has 3 N–H and O–H groups in total. The van der Waals surface area contributed by atoms with Gasteiger partial charge in [-0.15, -0.1) is 0 Å². The number of rotatable bonds is 2. The number of Topliss-reactive ketones (excluding diaryl/α,β-unsaturated/α-hetero) is 1. The molecule has 1 aromatic carbocycles. The van der Waals surface area contributed by atoms with Gasteiger partial charge in [0.1, 0.15) is 5.75 Å². The number of alkyl halides is 1. The maximum absolute atomic E-state index is 11.2. The first-order valence-corrected chi connectivity index (χ1v) is 4.93. The minimum Gasteiger partial charge on any atom is -0.506 e. The number of ketones is 1. The summed E-state index contributed by atoms with van der Waals surface area (Å²) >= 11 is 8.65. The Morgan fingerprint density at radius 3 is 2.77 bits per heavy atom. The molecule has 0 saturated carbocycles. The molecule has 0 aliphatic carbocycles. The standard InChI is InChI=1S/C8H7BrClNO2/c9-3-7(13)5-1-4(10)2-6(12)8(5)11/h1-2,12H,3,11H2. The molecule has 0 saturated heterocycles. The Morgan fingerprint density at radius 1 is 1.62 bits per heavy atom. The molecule has 13 heavy (non-hydrogen) atoms. The normalized spacial score (nSPS) is 10.0. The number of halogens is 2. The minimum atomic E-state index is -0.213. The number of hydrogen-bond donors (Lipinski definition) is 2. The zero-order valence-corrected chi connectivity index (χ0v) is 8.89. The summed E-state index contributed by atoms with van der Waals surface area (Å²) in [5.74, 6) is -0.382. The van der Waals surface area contributed by atoms with Crippen LogP contribution in [-0.4, -0.2) is 16.2 Å². The highest BCUT2D eigenvalue weighted by Gasteiger charge is 2.12. The fourth-order valence-electron chi connectivity index (χ4n) is 0.906. The lowest BCUT2D eigenvalue weighted by molar-refractivity contribution is 0.102. The van der Waals surface area contributed by atoms with E-state index in [-0.39, 0.29) is 33.1 Å². The van der Waals surface area contributed by atoms with Crippen LogP contribution in [0.1, 0.15) is 10.4 Å². The summed E-state index contributed by atoms with van der Waals surface area (Å²) in [7, 11) is 0. The molecule has 0 radical (unpaired) electrons. The SMILES string of the molecule is Nc1c(O)cc(Cl)cc1C(=O)CBr. The predicted octanol–water partition coefficient (Wildman–Crippen LogP) is 2.21. The Bertz CT molecular complexity index is 354. The van der Waals surface area contributed by atoms with Gasteiger partial charge in [-0.2, -0.15) is 0 Å². The quantitative estimate of drug-likeness (QED) is 0.372. The predicted molar refractivity (Wildman–Crippen MR) is 55.7 cm³/mol. The molecule has 0 aliphatic heterocycles. The van der Waals surface area contributed by atoms with Crippen LogP contribution in [0.3, 0.4) is 0 Å². The summed E-state index contributed by atoms with van der Waals surface area (Å²) in [6, 6.07) is 2.72. The number of aromatic hydroxyl groups is 1. The monoisotopic (exact) mass is 263 g/mol. The van der Waals surface area contributed by atoms with Crippen molar-refractivity contribution < 1.29 is 9.90 Å². The summed E-state index contributed by atoms with van der Waals surface area (Å²) < 4.78 is 0. The van der Waals surface area contributed by atoms with Crippen molar-refractivity contribution >= 4 is 39.0 Å². The molecular formula is C8H7BrClNO2. The lowest BCUT2D eigenvalue weighted by Crippen LogP contribution is -2.04. The number of phenols is 1. The van der Waals surface area contributed by atoms with Crippen LogP contribution in [0.15, 0.2) is 12.1 Å². The van der Waals surface area contributed by atoms with Crippen molar-refractivity contribution in [1.82, 2.24) is 0 Å². The van der Waals surface area contributed by atoms with Crippen molar-refractivity contribution in [2.75, 3.05) is 11.1 Å². The largest absolute Gasteiger partial charge is 0.506 e. The molecule has 1 aromatic rings. The van der Waals surface area contributed by atoms with Crippen LogP contribution in [0.4, 0.5) is 5.69 Å². The average Bonchev–Trinajstić information content (AvgIpc) is 2.10. The second-order valence-electron chi connectivity index (χ2n) is 2.44. The van der Waals surface area contributed by atoms with Crippen LogP contribution >= 0.6 is 27.5 Å². The molecule has 70 valence electrons. The second kappa shape index (κ2) is 3.98. The Labute approximate surface area is 88.6 Å². The highest BCUT2D eigenvalue weighted by Crippen LogP contribution is 2.29. The lowest BCUT2D eigenvalue weighted by atomic mass is 10.1. The fourth-order valence-corrected chi connectivity index (χ4v) is 1.42. The zero-order chi connectivity index (χ0) is 10.0. The van der Waals surface area contributed by atoms with E-state index in [2.05, 4.69) is 15.9 Å². The summed E-state index contributed by atoms with van der Waals surface area (Å²) in [5.41, 5.74) is 5.78. The van der Waals surface area contributed by atoms with E-state index < -0.39 is 0 Å². The zero-order valence-electron chi connectivity index (χ0n) is 6.55. The molecular weight excluding hydrogens is 257 g/mol. The number of carbonyl (C=O) groups excluding carboxylic acids is 1.